The molecule has 0 spiro atoms. The van der Waals surface area contributed by atoms with Crippen molar-refractivity contribution in [2.24, 2.45) is 5.92 Å². The van der Waals surface area contributed by atoms with Crippen LogP contribution in [-0.4, -0.2) is 23.2 Å². The highest BCUT2D eigenvalue weighted by molar-refractivity contribution is 9.10. The van der Waals surface area contributed by atoms with Crippen LogP contribution in [0.15, 0.2) is 22.8 Å². The highest BCUT2D eigenvalue weighted by Crippen LogP contribution is 2.40. The molecule has 0 saturated heterocycles. The molecule has 1 aliphatic rings. The fraction of sp³-hybridized carbons (Fsp3) is 0.353. The lowest BCUT2D eigenvalue weighted by atomic mass is 9.88. The largest absolute Gasteiger partial charge is 0.465 e. The SMILES string of the molecule is COC(=O)c1c(NC(=S)Nc2ccc(Br)cn2)sc2c1CCC(C)C2. The van der Waals surface area contributed by atoms with Gasteiger partial charge < -0.3 is 15.4 Å². The molecule has 1 unspecified atom stereocenters. The van der Waals surface area contributed by atoms with E-state index in [1.807, 2.05) is 12.1 Å². The Bertz CT molecular complexity index is 805. The molecule has 2 aromatic rings. The molecule has 1 atom stereocenters. The van der Waals surface area contributed by atoms with E-state index in [1.165, 1.54) is 12.0 Å². The van der Waals surface area contributed by atoms with Crippen LogP contribution >= 0.6 is 39.5 Å². The number of esters is 1. The molecule has 5 nitrogen and oxygen atoms in total. The minimum atomic E-state index is -0.320. The zero-order valence-corrected chi connectivity index (χ0v) is 17.1. The molecule has 1 aliphatic carbocycles. The van der Waals surface area contributed by atoms with Crippen molar-refractivity contribution in [2.75, 3.05) is 17.7 Å². The molecule has 2 aromatic heterocycles. The fourth-order valence-corrected chi connectivity index (χ4v) is 4.77. The molecule has 25 heavy (non-hydrogen) atoms. The number of methoxy groups -OCH3 is 1. The van der Waals surface area contributed by atoms with Crippen molar-refractivity contribution in [1.82, 2.24) is 4.98 Å². The van der Waals surface area contributed by atoms with Crippen LogP contribution in [0.1, 0.15) is 34.1 Å². The van der Waals surface area contributed by atoms with Gasteiger partial charge in [-0.1, -0.05) is 6.92 Å². The minimum absolute atomic E-state index is 0.320. The lowest BCUT2D eigenvalue weighted by Crippen LogP contribution is -2.21. The van der Waals surface area contributed by atoms with Gasteiger partial charge >= 0.3 is 5.97 Å². The van der Waals surface area contributed by atoms with Crippen LogP contribution in [0.3, 0.4) is 0 Å². The third-order valence-corrected chi connectivity index (χ3v) is 5.94. The Morgan fingerprint density at radius 2 is 2.24 bits per heavy atom. The first-order valence-corrected chi connectivity index (χ1v) is 9.92. The molecule has 0 radical (unpaired) electrons. The normalized spacial score (nSPS) is 16.0. The number of carbonyl (C=O) groups is 1. The van der Waals surface area contributed by atoms with Gasteiger partial charge in [-0.3, -0.25) is 0 Å². The quantitative estimate of drug-likeness (QED) is 0.536. The number of thiophene rings is 1. The summed E-state index contributed by atoms with van der Waals surface area (Å²) in [6, 6.07) is 3.70. The number of aromatic nitrogens is 1. The molecule has 0 bridgehead atoms. The average molecular weight is 440 g/mol. The summed E-state index contributed by atoms with van der Waals surface area (Å²) in [5.74, 6) is 0.941. The number of rotatable bonds is 3. The molecule has 8 heteroatoms. The predicted octanol–water partition coefficient (Wildman–Crippen LogP) is 4.63. The Labute approximate surface area is 164 Å². The number of thiocarbonyl (C=S) groups is 1. The number of carbonyl (C=O) groups excluding carboxylic acids is 1. The van der Waals surface area contributed by atoms with Crippen LogP contribution in [0, 0.1) is 5.92 Å². The van der Waals surface area contributed by atoms with Gasteiger partial charge in [-0.25, -0.2) is 9.78 Å². The topological polar surface area (TPSA) is 63.2 Å². The van der Waals surface area contributed by atoms with Gasteiger partial charge in [-0.2, -0.15) is 0 Å². The van der Waals surface area contributed by atoms with E-state index >= 15 is 0 Å². The molecule has 132 valence electrons. The summed E-state index contributed by atoms with van der Waals surface area (Å²) in [6.45, 7) is 2.24. The second kappa shape index (κ2) is 7.80. The maximum Gasteiger partial charge on any atom is 0.341 e. The third kappa shape index (κ3) is 4.19. The standard InChI is InChI=1S/C17H18BrN3O2S2/c1-9-3-5-11-12(7-9)25-15(14(11)16(22)23-2)21-17(24)20-13-6-4-10(18)8-19-13/h4,6,8-9H,3,5,7H2,1-2H3,(H2,19,20,21,24). The van der Waals surface area contributed by atoms with Gasteiger partial charge in [0.25, 0.3) is 0 Å². The first-order valence-electron chi connectivity index (χ1n) is 7.90. The number of nitrogens with zero attached hydrogens (tertiary/aromatic N) is 1. The van der Waals surface area contributed by atoms with E-state index in [4.69, 9.17) is 17.0 Å². The molecular weight excluding hydrogens is 422 g/mol. The van der Waals surface area contributed by atoms with Gasteiger partial charge in [0.2, 0.25) is 0 Å². The Morgan fingerprint density at radius 3 is 2.92 bits per heavy atom. The molecule has 2 heterocycles. The van der Waals surface area contributed by atoms with Crippen LogP contribution in [-0.2, 0) is 17.6 Å². The Balaban J connectivity index is 1.82. The van der Waals surface area contributed by atoms with Gasteiger partial charge in [0, 0.05) is 15.5 Å². The summed E-state index contributed by atoms with van der Waals surface area (Å²) in [6.07, 6.45) is 4.66. The zero-order chi connectivity index (χ0) is 18.0. The smallest absolute Gasteiger partial charge is 0.341 e. The summed E-state index contributed by atoms with van der Waals surface area (Å²) in [5.41, 5.74) is 1.71. The lowest BCUT2D eigenvalue weighted by molar-refractivity contribution is 0.0601. The molecule has 0 aliphatic heterocycles. The van der Waals surface area contributed by atoms with Gasteiger partial charge in [0.05, 0.1) is 12.7 Å². The molecule has 0 saturated carbocycles. The first kappa shape index (κ1) is 18.3. The van der Waals surface area contributed by atoms with Crippen molar-refractivity contribution >= 4 is 61.4 Å². The fourth-order valence-electron chi connectivity index (χ4n) is 2.86. The molecule has 0 amide bonds. The summed E-state index contributed by atoms with van der Waals surface area (Å²) < 4.78 is 5.88. The second-order valence-corrected chi connectivity index (χ2v) is 8.42. The number of pyridine rings is 1. The predicted molar refractivity (Wildman–Crippen MR) is 109 cm³/mol. The van der Waals surface area contributed by atoms with Crippen molar-refractivity contribution < 1.29 is 9.53 Å². The number of hydrogen-bond acceptors (Lipinski definition) is 5. The number of anilines is 2. The Hall–Kier alpha value is -1.51. The average Bonchev–Trinajstić information content (AvgIpc) is 2.92. The van der Waals surface area contributed by atoms with Crippen LogP contribution in [0.4, 0.5) is 10.8 Å². The Kier molecular flexibility index (Phi) is 5.71. The monoisotopic (exact) mass is 439 g/mol. The van der Waals surface area contributed by atoms with Gasteiger partial charge in [0.15, 0.2) is 5.11 Å². The zero-order valence-electron chi connectivity index (χ0n) is 13.9. The second-order valence-electron chi connectivity index (χ2n) is 5.99. The number of halogens is 1. The maximum absolute atomic E-state index is 12.3. The first-order chi connectivity index (χ1) is 12.0. The third-order valence-electron chi connectivity index (χ3n) is 4.10. The van der Waals surface area contributed by atoms with Crippen molar-refractivity contribution in [3.05, 3.63) is 38.8 Å². The molecule has 0 fully saturated rings. The van der Waals surface area contributed by atoms with Crippen LogP contribution in [0.2, 0.25) is 0 Å². The van der Waals surface area contributed by atoms with Crippen molar-refractivity contribution in [1.29, 1.82) is 0 Å². The van der Waals surface area contributed by atoms with E-state index in [2.05, 4.69) is 38.5 Å². The summed E-state index contributed by atoms with van der Waals surface area (Å²) in [4.78, 5) is 17.8. The van der Waals surface area contributed by atoms with E-state index in [-0.39, 0.29) is 5.97 Å². The Morgan fingerprint density at radius 1 is 1.44 bits per heavy atom. The minimum Gasteiger partial charge on any atom is -0.465 e. The lowest BCUT2D eigenvalue weighted by Gasteiger charge is -2.18. The highest BCUT2D eigenvalue weighted by Gasteiger charge is 2.28. The van der Waals surface area contributed by atoms with E-state index in [0.29, 0.717) is 22.4 Å². The van der Waals surface area contributed by atoms with Crippen molar-refractivity contribution in [2.45, 2.75) is 26.2 Å². The number of fused-ring (bicyclic) bond motifs is 1. The van der Waals surface area contributed by atoms with E-state index in [1.54, 1.807) is 17.5 Å². The number of nitrogens with one attached hydrogen (secondary N) is 2. The van der Waals surface area contributed by atoms with Crippen LogP contribution in [0.25, 0.3) is 0 Å². The van der Waals surface area contributed by atoms with Crippen molar-refractivity contribution in [3.8, 4) is 0 Å². The van der Waals surface area contributed by atoms with E-state index in [9.17, 15) is 4.79 Å². The number of hydrogen-bond donors (Lipinski definition) is 2. The molecule has 0 aromatic carbocycles. The molecule has 2 N–H and O–H groups in total. The number of ether oxygens (including phenoxy) is 1. The van der Waals surface area contributed by atoms with E-state index in [0.717, 1.165) is 34.3 Å². The van der Waals surface area contributed by atoms with Gasteiger partial charge in [0.1, 0.15) is 10.8 Å². The van der Waals surface area contributed by atoms with Gasteiger partial charge in [-0.05, 0) is 71.0 Å². The maximum atomic E-state index is 12.3. The van der Waals surface area contributed by atoms with Crippen LogP contribution < -0.4 is 10.6 Å². The van der Waals surface area contributed by atoms with Crippen LogP contribution in [0.5, 0.6) is 0 Å². The summed E-state index contributed by atoms with van der Waals surface area (Å²) in [7, 11) is 1.41. The van der Waals surface area contributed by atoms with Gasteiger partial charge in [-0.15, -0.1) is 11.3 Å². The van der Waals surface area contributed by atoms with Crippen molar-refractivity contribution in [3.63, 3.8) is 0 Å². The summed E-state index contributed by atoms with van der Waals surface area (Å²) in [5, 5.41) is 7.31. The molecular formula is C17H18BrN3O2S2. The molecule has 3 rings (SSSR count). The summed E-state index contributed by atoms with van der Waals surface area (Å²) >= 11 is 10.3. The highest BCUT2D eigenvalue weighted by atomic mass is 79.9. The van der Waals surface area contributed by atoms with E-state index < -0.39 is 0 Å².